The maximum atomic E-state index is 5.53. The second-order valence-corrected chi connectivity index (χ2v) is 17.8. The van der Waals surface area contributed by atoms with Crippen molar-refractivity contribution in [2.24, 2.45) is 4.99 Å². The lowest BCUT2D eigenvalue weighted by atomic mass is 10.2. The molecular formula is C45H33IN3S+. The molecule has 1 aliphatic rings. The Morgan fingerprint density at radius 3 is 1.42 bits per heavy atom. The molecule has 3 nitrogen and oxygen atoms in total. The van der Waals surface area contributed by atoms with E-state index in [4.69, 9.17) is 4.99 Å². The summed E-state index contributed by atoms with van der Waals surface area (Å²) in [6, 6.07) is 70.4. The molecule has 9 rings (SSSR count). The first-order valence-corrected chi connectivity index (χ1v) is 20.5. The molecule has 1 aliphatic heterocycles. The first-order valence-electron chi connectivity index (χ1n) is 16.7. The third-order valence-electron chi connectivity index (χ3n) is 9.14. The minimum absolute atomic E-state index is 0.651. The summed E-state index contributed by atoms with van der Waals surface area (Å²) in [4.78, 5) is 14.6. The van der Waals surface area contributed by atoms with Crippen LogP contribution in [0.4, 0.5) is 0 Å². The number of rotatable bonds is 6. The maximum Gasteiger partial charge on any atom is 0.403 e. The standard InChI is InChI=1S/C45H32IN3S/c1-5-18-33(19-6-1)43-46-44(48-45(47-43)49-41-30-15-13-28-39(41)40-29-14-16-31-42(40)49)34-20-17-27-38(32-34)50(35-21-7-2-8-22-35,36-23-9-3-10-24-36)37-25-11-4-12-26-37/h1-32H/p+1. The van der Waals surface area contributed by atoms with Gasteiger partial charge >= 0.3 is 5.96 Å². The van der Waals surface area contributed by atoms with Gasteiger partial charge in [-0.3, -0.25) is 0 Å². The molecule has 1 aromatic heterocycles. The largest absolute Gasteiger partial charge is 0.403 e. The minimum atomic E-state index is -1.83. The predicted octanol–water partition coefficient (Wildman–Crippen LogP) is 10.0. The molecule has 0 saturated heterocycles. The van der Waals surface area contributed by atoms with Crippen molar-refractivity contribution < 1.29 is 4.99 Å². The smallest absolute Gasteiger partial charge is 0.236 e. The molecule has 2 heterocycles. The van der Waals surface area contributed by atoms with Crippen LogP contribution in [0.15, 0.2) is 219 Å². The summed E-state index contributed by atoms with van der Waals surface area (Å²) in [7, 11) is -1.83. The van der Waals surface area contributed by atoms with Crippen LogP contribution in [0.3, 0.4) is 0 Å². The summed E-state index contributed by atoms with van der Waals surface area (Å²) in [6.45, 7) is 0. The molecule has 0 unspecified atom stereocenters. The molecule has 0 amide bonds. The number of halogens is 1. The van der Waals surface area contributed by atoms with E-state index < -0.39 is 30.8 Å². The van der Waals surface area contributed by atoms with Crippen molar-refractivity contribution in [3.05, 3.63) is 205 Å². The van der Waals surface area contributed by atoms with E-state index in [-0.39, 0.29) is 0 Å². The van der Waals surface area contributed by atoms with E-state index in [1.807, 2.05) is 0 Å². The highest BCUT2D eigenvalue weighted by atomic mass is 127. The number of hydrogen-bond acceptors (Lipinski definition) is 1. The molecule has 8 aromatic rings. The van der Waals surface area contributed by atoms with Crippen LogP contribution in [0.2, 0.25) is 0 Å². The SMILES string of the molecule is c1ccc(C2=[NH+]C(n3c4ccccc4c4ccccc43)=NC(c3cccc(S(c4ccccc4)(c4ccccc4)c4ccccc4)c3)=I2)cc1. The molecule has 0 fully saturated rings. The van der Waals surface area contributed by atoms with E-state index in [0.717, 1.165) is 20.6 Å². The van der Waals surface area contributed by atoms with Crippen molar-refractivity contribution in [2.45, 2.75) is 19.6 Å². The van der Waals surface area contributed by atoms with Crippen LogP contribution in [0.25, 0.3) is 21.8 Å². The summed E-state index contributed by atoms with van der Waals surface area (Å²) in [5.41, 5.74) is 4.66. The number of nitrogens with zero attached hydrogens (tertiary/aromatic N) is 2. The average molecular weight is 775 g/mol. The van der Waals surface area contributed by atoms with Crippen molar-refractivity contribution in [2.75, 3.05) is 0 Å². The molecule has 0 atom stereocenters. The molecule has 0 bridgehead atoms. The Morgan fingerprint density at radius 2 is 0.880 bits per heavy atom. The van der Waals surface area contributed by atoms with Gasteiger partial charge in [-0.05, 0) is 60.7 Å². The predicted molar refractivity (Wildman–Crippen MR) is 218 cm³/mol. The van der Waals surface area contributed by atoms with Crippen molar-refractivity contribution in [3.63, 3.8) is 0 Å². The minimum Gasteiger partial charge on any atom is -0.236 e. The fourth-order valence-corrected chi connectivity index (χ4v) is 13.4. The lowest BCUT2D eigenvalue weighted by molar-refractivity contribution is -0.315. The Morgan fingerprint density at radius 1 is 0.440 bits per heavy atom. The van der Waals surface area contributed by atoms with Crippen LogP contribution < -0.4 is 4.99 Å². The Hall–Kier alpha value is -5.37. The number of fused-ring (bicyclic) bond motifs is 3. The normalized spacial score (nSPS) is 13.6. The molecule has 50 heavy (non-hydrogen) atoms. The van der Waals surface area contributed by atoms with E-state index in [0.29, 0.717) is 0 Å². The summed E-state index contributed by atoms with van der Waals surface area (Å²) in [6.07, 6.45) is 0. The third kappa shape index (κ3) is 5.25. The van der Waals surface area contributed by atoms with Gasteiger partial charge in [0, 0.05) is 62.2 Å². The van der Waals surface area contributed by atoms with Gasteiger partial charge in [0.1, 0.15) is 14.8 Å². The third-order valence-corrected chi connectivity index (χ3v) is 15.9. The second-order valence-electron chi connectivity index (χ2n) is 12.1. The summed E-state index contributed by atoms with van der Waals surface area (Å²) < 4.78 is 4.68. The molecule has 0 radical (unpaired) electrons. The fraction of sp³-hybridized carbons (Fsp3) is 0. The molecule has 0 spiro atoms. The molecule has 5 heteroatoms. The average Bonchev–Trinajstić information content (AvgIpc) is 3.54. The van der Waals surface area contributed by atoms with Gasteiger partial charge in [-0.2, -0.15) is 4.57 Å². The lowest BCUT2D eigenvalue weighted by Crippen LogP contribution is -2.79. The first kappa shape index (κ1) is 30.7. The molecular weight excluding hydrogens is 741 g/mol. The van der Waals surface area contributed by atoms with Crippen LogP contribution in [0, 0.1) is 0 Å². The molecule has 0 saturated carbocycles. The summed E-state index contributed by atoms with van der Waals surface area (Å²) >= 11 is -0.651. The Balaban J connectivity index is 1.30. The number of para-hydroxylation sites is 2. The van der Waals surface area contributed by atoms with Gasteiger partial charge in [-0.1, -0.05) is 138 Å². The lowest BCUT2D eigenvalue weighted by Gasteiger charge is -2.42. The number of benzene rings is 7. The zero-order valence-electron chi connectivity index (χ0n) is 27.2. The Labute approximate surface area is 303 Å². The molecule has 0 aliphatic carbocycles. The number of aromatic nitrogens is 1. The van der Waals surface area contributed by atoms with Crippen molar-refractivity contribution in [1.82, 2.24) is 4.57 Å². The summed E-state index contributed by atoms with van der Waals surface area (Å²) in [5, 5.41) is 2.44. The van der Waals surface area contributed by atoms with E-state index in [1.54, 1.807) is 0 Å². The topological polar surface area (TPSA) is 31.3 Å². The number of nitrogens with one attached hydrogen (secondary N) is 1. The van der Waals surface area contributed by atoms with Gasteiger partial charge in [0.15, 0.2) is 3.63 Å². The highest BCUT2D eigenvalue weighted by Gasteiger charge is 2.34. The van der Waals surface area contributed by atoms with Crippen molar-refractivity contribution in [1.29, 1.82) is 0 Å². The van der Waals surface area contributed by atoms with E-state index in [1.165, 1.54) is 45.2 Å². The van der Waals surface area contributed by atoms with E-state index >= 15 is 0 Å². The van der Waals surface area contributed by atoms with Crippen LogP contribution in [-0.4, -0.2) is 17.9 Å². The van der Waals surface area contributed by atoms with Crippen LogP contribution in [0.5, 0.6) is 0 Å². The molecule has 7 aromatic carbocycles. The highest BCUT2D eigenvalue weighted by molar-refractivity contribution is 14.2. The van der Waals surface area contributed by atoms with Crippen molar-refractivity contribution >= 4 is 65.9 Å². The van der Waals surface area contributed by atoms with Crippen molar-refractivity contribution in [3.8, 4) is 0 Å². The zero-order valence-corrected chi connectivity index (χ0v) is 30.1. The Kier molecular flexibility index (Phi) is 8.07. The van der Waals surface area contributed by atoms with Gasteiger partial charge in [-0.15, -0.1) is 10.0 Å². The second kappa shape index (κ2) is 13.2. The maximum absolute atomic E-state index is 5.53. The number of hydrogen-bond donors (Lipinski definition) is 1. The van der Waals surface area contributed by atoms with Gasteiger partial charge in [0.2, 0.25) is 0 Å². The van der Waals surface area contributed by atoms with E-state index in [9.17, 15) is 0 Å². The number of aliphatic imine (C=N–C) groups is 1. The van der Waals surface area contributed by atoms with E-state index in [2.05, 4.69) is 204 Å². The monoisotopic (exact) mass is 774 g/mol. The zero-order chi connectivity index (χ0) is 33.3. The van der Waals surface area contributed by atoms with Crippen LogP contribution in [0.1, 0.15) is 11.1 Å². The van der Waals surface area contributed by atoms with Crippen LogP contribution in [-0.2, 0) is 0 Å². The fourth-order valence-electron chi connectivity index (χ4n) is 6.95. The van der Waals surface area contributed by atoms with Gasteiger partial charge < -0.3 is 0 Å². The van der Waals surface area contributed by atoms with Gasteiger partial charge in [-0.25, -0.2) is 4.99 Å². The Bertz CT molecular complexity index is 2420. The molecule has 240 valence electrons. The first-order chi connectivity index (χ1) is 24.8. The quantitative estimate of drug-likeness (QED) is 0.163. The highest BCUT2D eigenvalue weighted by Crippen LogP contribution is 2.73. The van der Waals surface area contributed by atoms with Gasteiger partial charge in [0.25, 0.3) is 0 Å². The summed E-state index contributed by atoms with van der Waals surface area (Å²) in [5.74, 6) is 0.834. The molecule has 1 N–H and O–H groups in total. The van der Waals surface area contributed by atoms with Crippen LogP contribution >= 0.6 is 30.8 Å². The van der Waals surface area contributed by atoms with Gasteiger partial charge in [0.05, 0.1) is 0 Å².